The van der Waals surface area contributed by atoms with Gasteiger partial charge in [0, 0.05) is 22.0 Å². The zero-order valence-corrected chi connectivity index (χ0v) is 17.2. The highest BCUT2D eigenvalue weighted by atomic mass is 28.4. The van der Waals surface area contributed by atoms with Gasteiger partial charge in [-0.2, -0.15) is 0 Å². The van der Waals surface area contributed by atoms with Gasteiger partial charge in [-0.25, -0.2) is 0 Å². The lowest BCUT2D eigenvalue weighted by Gasteiger charge is -2.31. The largest absolute Gasteiger partial charge is 0.405 e. The summed E-state index contributed by atoms with van der Waals surface area (Å²) < 4.78 is 6.03. The van der Waals surface area contributed by atoms with E-state index in [1.54, 1.807) is 50.2 Å². The summed E-state index contributed by atoms with van der Waals surface area (Å²) in [4.78, 5) is 41.4. The van der Waals surface area contributed by atoms with Crippen molar-refractivity contribution in [1.29, 1.82) is 0 Å². The van der Waals surface area contributed by atoms with Gasteiger partial charge < -0.3 is 9.41 Å². The van der Waals surface area contributed by atoms with E-state index >= 15 is 0 Å². The van der Waals surface area contributed by atoms with Crippen LogP contribution in [-0.2, 0) is 4.43 Å². The molecule has 2 aromatic carbocycles. The molecular weight excluding hydrogens is 358 g/mol. The Morgan fingerprint density at radius 3 is 2.19 bits per heavy atom. The average molecular weight is 382 g/mol. The van der Waals surface area contributed by atoms with Gasteiger partial charge >= 0.3 is 0 Å². The number of carbonyl (C=O) groups is 1. The molecule has 0 saturated heterocycles. The predicted octanol–water partition coefficient (Wildman–Crippen LogP) is 3.85. The van der Waals surface area contributed by atoms with Crippen molar-refractivity contribution in [3.8, 4) is 0 Å². The topological polar surface area (TPSA) is 76.2 Å². The van der Waals surface area contributed by atoms with Crippen molar-refractivity contribution in [2.45, 2.75) is 39.1 Å². The minimum Gasteiger partial charge on any atom is -0.405 e. The summed E-state index contributed by atoms with van der Waals surface area (Å²) >= 11 is 0. The Hall–Kier alpha value is -2.57. The smallest absolute Gasteiger partial charge is 0.235 e. The molecular formula is C21H23NO4Si. The molecule has 1 aromatic heterocycles. The van der Waals surface area contributed by atoms with E-state index in [0.29, 0.717) is 22.0 Å². The number of carbonyl (C=O) groups excluding carboxylic acids is 1. The predicted molar refractivity (Wildman–Crippen MR) is 111 cm³/mol. The first kappa shape index (κ1) is 19.2. The second-order valence-electron chi connectivity index (χ2n) is 8.14. The Labute approximate surface area is 158 Å². The molecule has 3 aromatic rings. The molecule has 5 nitrogen and oxygen atoms in total. The first-order chi connectivity index (χ1) is 12.5. The van der Waals surface area contributed by atoms with Gasteiger partial charge in [-0.15, -0.1) is 0 Å². The molecule has 0 saturated carbocycles. The number of Topliss-reactive ketones (excluding diaryl/α,β-unsaturated/α-hetero) is 1. The fourth-order valence-electron chi connectivity index (χ4n) is 3.32. The molecule has 27 heavy (non-hydrogen) atoms. The quantitative estimate of drug-likeness (QED) is 0.423. The van der Waals surface area contributed by atoms with Crippen molar-refractivity contribution in [1.82, 2.24) is 4.98 Å². The highest BCUT2D eigenvalue weighted by Crippen LogP contribution is 2.23. The van der Waals surface area contributed by atoms with Crippen molar-refractivity contribution >= 4 is 35.9 Å². The molecule has 0 amide bonds. The van der Waals surface area contributed by atoms with Gasteiger partial charge in [0.2, 0.25) is 10.9 Å². The lowest BCUT2D eigenvalue weighted by Crippen LogP contribution is -2.44. The number of hydrogen-bond acceptors (Lipinski definition) is 4. The molecule has 0 fully saturated rings. The fourth-order valence-corrected chi connectivity index (χ4v) is 4.95. The second kappa shape index (κ2) is 6.55. The van der Waals surface area contributed by atoms with Gasteiger partial charge in [-0.3, -0.25) is 14.4 Å². The van der Waals surface area contributed by atoms with Crippen LogP contribution in [0.3, 0.4) is 0 Å². The van der Waals surface area contributed by atoms with E-state index in [1.807, 2.05) is 19.6 Å². The maximum atomic E-state index is 13.0. The summed E-state index contributed by atoms with van der Waals surface area (Å²) in [5, 5.41) is 0.528. The van der Waals surface area contributed by atoms with Crippen LogP contribution in [0.1, 0.15) is 24.2 Å². The normalized spacial score (nSPS) is 12.5. The van der Waals surface area contributed by atoms with Crippen LogP contribution in [0.2, 0.25) is 19.6 Å². The summed E-state index contributed by atoms with van der Waals surface area (Å²) in [6, 6.07) is 11.7. The minimum absolute atomic E-state index is 0.200. The van der Waals surface area contributed by atoms with Crippen molar-refractivity contribution in [2.75, 3.05) is 0 Å². The first-order valence-corrected chi connectivity index (χ1v) is 12.2. The lowest BCUT2D eigenvalue weighted by molar-refractivity contribution is 0.0558. The highest BCUT2D eigenvalue weighted by Gasteiger charge is 2.34. The molecule has 0 unspecified atom stereocenters. The van der Waals surface area contributed by atoms with E-state index in [1.165, 1.54) is 6.07 Å². The number of para-hydroxylation sites is 1. The Morgan fingerprint density at radius 2 is 1.52 bits per heavy atom. The van der Waals surface area contributed by atoms with Gasteiger partial charge in [0.05, 0.1) is 5.39 Å². The van der Waals surface area contributed by atoms with Crippen LogP contribution < -0.4 is 10.9 Å². The van der Waals surface area contributed by atoms with Gasteiger partial charge in [-0.1, -0.05) is 12.1 Å². The number of H-pyrrole nitrogens is 1. The van der Waals surface area contributed by atoms with Crippen LogP contribution in [0.5, 0.6) is 0 Å². The van der Waals surface area contributed by atoms with Crippen molar-refractivity contribution in [3.05, 3.63) is 68.5 Å². The first-order valence-electron chi connectivity index (χ1n) is 8.84. The Balaban J connectivity index is 2.23. The second-order valence-corrected chi connectivity index (χ2v) is 12.6. The van der Waals surface area contributed by atoms with Crippen molar-refractivity contribution in [2.24, 2.45) is 0 Å². The minimum atomic E-state index is -1.95. The molecule has 140 valence electrons. The SMILES string of the molecule is CC(C)(O[Si](C)(C)C)C(=O)c1ccc2[nH]c3ccccc3c(=O)c(=O)c2c1. The number of ketones is 1. The zero-order valence-electron chi connectivity index (χ0n) is 16.2. The number of hydrogen-bond donors (Lipinski definition) is 1. The highest BCUT2D eigenvalue weighted by molar-refractivity contribution is 6.70. The van der Waals surface area contributed by atoms with E-state index in [2.05, 4.69) is 4.98 Å². The van der Waals surface area contributed by atoms with E-state index in [9.17, 15) is 14.4 Å². The summed E-state index contributed by atoms with van der Waals surface area (Å²) in [5.74, 6) is -0.213. The molecule has 6 heteroatoms. The standard InChI is InChI=1S/C21H23NO4Si/c1-21(2,26-27(3,4)5)20(25)13-10-11-17-15(12-13)19(24)18(23)14-8-6-7-9-16(14)22-17/h6-12,22H,1-5H3. The monoisotopic (exact) mass is 381 g/mol. The van der Waals surface area contributed by atoms with Crippen LogP contribution in [0.4, 0.5) is 0 Å². The molecule has 0 bridgehead atoms. The third-order valence-electron chi connectivity index (χ3n) is 4.28. The fraction of sp³-hybridized carbons (Fsp3) is 0.286. The van der Waals surface area contributed by atoms with Crippen LogP contribution in [0, 0.1) is 0 Å². The molecule has 1 heterocycles. The molecule has 0 radical (unpaired) electrons. The van der Waals surface area contributed by atoms with Crippen LogP contribution in [0.15, 0.2) is 52.1 Å². The van der Waals surface area contributed by atoms with Gasteiger partial charge in [0.25, 0.3) is 0 Å². The summed E-state index contributed by atoms with van der Waals surface area (Å²) in [6.07, 6.45) is 0. The van der Waals surface area contributed by atoms with Gasteiger partial charge in [0.1, 0.15) is 5.60 Å². The number of rotatable bonds is 4. The number of benzene rings is 2. The lowest BCUT2D eigenvalue weighted by atomic mass is 9.96. The van der Waals surface area contributed by atoms with Crippen molar-refractivity contribution < 1.29 is 9.22 Å². The third-order valence-corrected chi connectivity index (χ3v) is 5.40. The number of aromatic nitrogens is 1. The van der Waals surface area contributed by atoms with Gasteiger partial charge in [-0.05, 0) is 63.8 Å². The molecule has 0 atom stereocenters. The Morgan fingerprint density at radius 1 is 0.926 bits per heavy atom. The Bertz CT molecular complexity index is 1170. The molecule has 3 rings (SSSR count). The Kier molecular flexibility index (Phi) is 4.65. The van der Waals surface area contributed by atoms with Crippen LogP contribution in [0.25, 0.3) is 21.8 Å². The maximum Gasteiger partial charge on any atom is 0.235 e. The molecule has 0 spiro atoms. The molecule has 0 aliphatic heterocycles. The number of fused-ring (bicyclic) bond motifs is 2. The van der Waals surface area contributed by atoms with Gasteiger partial charge in [0.15, 0.2) is 14.1 Å². The third kappa shape index (κ3) is 3.77. The molecule has 1 N–H and O–H groups in total. The summed E-state index contributed by atoms with van der Waals surface area (Å²) in [6.45, 7) is 9.52. The van der Waals surface area contributed by atoms with Crippen molar-refractivity contribution in [3.63, 3.8) is 0 Å². The molecule has 0 aliphatic carbocycles. The van der Waals surface area contributed by atoms with E-state index in [-0.39, 0.29) is 11.2 Å². The zero-order chi connectivity index (χ0) is 20.0. The summed E-state index contributed by atoms with van der Waals surface area (Å²) in [5.41, 5.74) is -0.770. The average Bonchev–Trinajstić information content (AvgIpc) is 2.68. The molecule has 0 aliphatic rings. The van der Waals surface area contributed by atoms with Crippen LogP contribution in [-0.4, -0.2) is 24.7 Å². The maximum absolute atomic E-state index is 13.0. The van der Waals surface area contributed by atoms with E-state index in [4.69, 9.17) is 4.43 Å². The number of nitrogens with one attached hydrogen (secondary N) is 1. The van der Waals surface area contributed by atoms with E-state index < -0.39 is 24.8 Å². The van der Waals surface area contributed by atoms with E-state index in [0.717, 1.165) is 0 Å². The summed E-state index contributed by atoms with van der Waals surface area (Å²) in [7, 11) is -1.95. The number of aromatic amines is 1. The van der Waals surface area contributed by atoms with Crippen LogP contribution >= 0.6 is 0 Å².